The fourth-order valence-corrected chi connectivity index (χ4v) is 4.41. The number of halogens is 1. The first-order valence-electron chi connectivity index (χ1n) is 8.67. The minimum Gasteiger partial charge on any atom is -0.317 e. The van der Waals surface area contributed by atoms with Crippen LogP contribution in [0.1, 0.15) is 30.1 Å². The maximum absolute atomic E-state index is 12.5. The van der Waals surface area contributed by atoms with E-state index in [1.807, 2.05) is 30.6 Å². The largest absolute Gasteiger partial charge is 0.317 e. The second-order valence-electron chi connectivity index (χ2n) is 6.57. The van der Waals surface area contributed by atoms with Crippen LogP contribution in [0.4, 0.5) is 5.95 Å². The van der Waals surface area contributed by atoms with Crippen LogP contribution in [0.2, 0.25) is 5.02 Å². The molecule has 1 aliphatic rings. The highest BCUT2D eigenvalue weighted by Gasteiger charge is 2.21. The van der Waals surface area contributed by atoms with E-state index in [1.165, 1.54) is 0 Å². The Balaban J connectivity index is 1.47. The Morgan fingerprint density at radius 3 is 3.04 bits per heavy atom. The summed E-state index contributed by atoms with van der Waals surface area (Å²) in [4.78, 5) is 17.1. The predicted molar refractivity (Wildman–Crippen MR) is 105 cm³/mol. The number of carbonyl (C=O) groups excluding carboxylic acids is 1. The summed E-state index contributed by atoms with van der Waals surface area (Å²) in [5, 5.41) is 14.5. The molecule has 1 saturated heterocycles. The minimum atomic E-state index is -0.1000. The average Bonchev–Trinajstić information content (AvgIpc) is 3.19. The van der Waals surface area contributed by atoms with Crippen molar-refractivity contribution in [1.29, 1.82) is 0 Å². The first-order valence-corrected chi connectivity index (χ1v) is 9.93. The third kappa shape index (κ3) is 3.60. The number of nitrogens with zero attached hydrogens (tertiary/aromatic N) is 3. The molecule has 8 heteroatoms. The van der Waals surface area contributed by atoms with Gasteiger partial charge in [0.05, 0.1) is 6.42 Å². The summed E-state index contributed by atoms with van der Waals surface area (Å²) < 4.78 is 2.78. The van der Waals surface area contributed by atoms with Gasteiger partial charge in [0.2, 0.25) is 11.9 Å². The number of aryl methyl sites for hydroxylation is 1. The number of anilines is 1. The van der Waals surface area contributed by atoms with Crippen molar-refractivity contribution in [1.82, 2.24) is 20.1 Å². The Bertz CT molecular complexity index is 944. The Kier molecular flexibility index (Phi) is 4.93. The summed E-state index contributed by atoms with van der Waals surface area (Å²) in [5.74, 6) is 1.58. The fraction of sp³-hybridized carbons (Fsp3) is 0.389. The number of piperidine rings is 1. The monoisotopic (exact) mass is 389 g/mol. The van der Waals surface area contributed by atoms with Gasteiger partial charge in [-0.25, -0.2) is 4.68 Å². The highest BCUT2D eigenvalue weighted by molar-refractivity contribution is 7.17. The molecule has 1 fully saturated rings. The Morgan fingerprint density at radius 2 is 2.23 bits per heavy atom. The van der Waals surface area contributed by atoms with Gasteiger partial charge in [0, 0.05) is 22.7 Å². The molecule has 2 N–H and O–H groups in total. The van der Waals surface area contributed by atoms with Crippen molar-refractivity contribution in [3.05, 3.63) is 40.0 Å². The van der Waals surface area contributed by atoms with Crippen LogP contribution in [0.15, 0.2) is 23.6 Å². The molecule has 4 rings (SSSR count). The van der Waals surface area contributed by atoms with E-state index in [1.54, 1.807) is 16.0 Å². The van der Waals surface area contributed by atoms with E-state index in [4.69, 9.17) is 11.6 Å². The number of amides is 1. The van der Waals surface area contributed by atoms with Crippen molar-refractivity contribution in [3.8, 4) is 0 Å². The van der Waals surface area contributed by atoms with Crippen molar-refractivity contribution in [2.24, 2.45) is 7.05 Å². The lowest BCUT2D eigenvalue weighted by Crippen LogP contribution is -2.27. The molecular weight excluding hydrogens is 370 g/mol. The van der Waals surface area contributed by atoms with Crippen LogP contribution >= 0.6 is 22.9 Å². The summed E-state index contributed by atoms with van der Waals surface area (Å²) in [6.45, 7) is 1.97. The van der Waals surface area contributed by atoms with Gasteiger partial charge >= 0.3 is 0 Å². The zero-order valence-electron chi connectivity index (χ0n) is 14.5. The van der Waals surface area contributed by atoms with Gasteiger partial charge in [-0.15, -0.1) is 11.3 Å². The lowest BCUT2D eigenvalue weighted by molar-refractivity contribution is -0.115. The zero-order chi connectivity index (χ0) is 18.1. The number of thiophene rings is 1. The number of carbonyl (C=O) groups is 1. The van der Waals surface area contributed by atoms with E-state index >= 15 is 0 Å². The lowest BCUT2D eigenvalue weighted by atomic mass is 9.98. The molecule has 3 heterocycles. The number of aromatic nitrogens is 3. The minimum absolute atomic E-state index is 0.1000. The van der Waals surface area contributed by atoms with Crippen molar-refractivity contribution in [2.45, 2.75) is 25.2 Å². The van der Waals surface area contributed by atoms with Gasteiger partial charge in [0.25, 0.3) is 0 Å². The molecule has 3 aromatic rings. The summed E-state index contributed by atoms with van der Waals surface area (Å²) >= 11 is 7.71. The molecule has 0 radical (unpaired) electrons. The van der Waals surface area contributed by atoms with Crippen molar-refractivity contribution in [2.75, 3.05) is 18.4 Å². The molecule has 6 nitrogen and oxygen atoms in total. The molecule has 0 spiro atoms. The van der Waals surface area contributed by atoms with E-state index in [0.29, 0.717) is 16.9 Å². The van der Waals surface area contributed by atoms with Crippen molar-refractivity contribution >= 4 is 44.9 Å². The first kappa shape index (κ1) is 17.5. The Hall–Kier alpha value is -1.96. The number of hydrogen-bond acceptors (Lipinski definition) is 5. The van der Waals surface area contributed by atoms with E-state index in [0.717, 1.165) is 47.4 Å². The smallest absolute Gasteiger partial charge is 0.231 e. The molecule has 0 bridgehead atoms. The van der Waals surface area contributed by atoms with Crippen LogP contribution in [0.5, 0.6) is 0 Å². The van der Waals surface area contributed by atoms with Crippen molar-refractivity contribution in [3.63, 3.8) is 0 Å². The van der Waals surface area contributed by atoms with Crippen LogP contribution in [0.3, 0.4) is 0 Å². The topological polar surface area (TPSA) is 71.8 Å². The van der Waals surface area contributed by atoms with Crippen LogP contribution in [0, 0.1) is 0 Å². The SMILES string of the molecule is Cn1nc(C2CCNCC2)nc1NC(=O)Cc1csc2ccc(Cl)cc12. The highest BCUT2D eigenvalue weighted by Crippen LogP contribution is 2.29. The maximum atomic E-state index is 12.5. The quantitative estimate of drug-likeness (QED) is 0.717. The molecule has 0 unspecified atom stereocenters. The van der Waals surface area contributed by atoms with E-state index in [9.17, 15) is 4.79 Å². The molecule has 136 valence electrons. The fourth-order valence-electron chi connectivity index (χ4n) is 3.30. The lowest BCUT2D eigenvalue weighted by Gasteiger charge is -2.19. The molecule has 2 aromatic heterocycles. The molecule has 1 amide bonds. The number of rotatable bonds is 4. The van der Waals surface area contributed by atoms with Gasteiger partial charge < -0.3 is 5.32 Å². The number of hydrogen-bond donors (Lipinski definition) is 2. The van der Waals surface area contributed by atoms with Gasteiger partial charge in [-0.3, -0.25) is 10.1 Å². The normalized spacial score (nSPS) is 15.5. The molecule has 1 aliphatic heterocycles. The van der Waals surface area contributed by atoms with Gasteiger partial charge in [0.15, 0.2) is 5.82 Å². The first-order chi connectivity index (χ1) is 12.6. The molecule has 1 aromatic carbocycles. The van der Waals surface area contributed by atoms with E-state index < -0.39 is 0 Å². The van der Waals surface area contributed by atoms with Crippen LogP contribution in [-0.4, -0.2) is 33.8 Å². The van der Waals surface area contributed by atoms with Gasteiger partial charge in [-0.1, -0.05) is 11.6 Å². The van der Waals surface area contributed by atoms with Gasteiger partial charge in [0.1, 0.15) is 0 Å². The average molecular weight is 390 g/mol. The van der Waals surface area contributed by atoms with Crippen LogP contribution < -0.4 is 10.6 Å². The third-order valence-corrected chi connectivity index (χ3v) is 5.95. The summed E-state index contributed by atoms with van der Waals surface area (Å²) in [7, 11) is 1.81. The number of benzene rings is 1. The van der Waals surface area contributed by atoms with Crippen LogP contribution in [0.25, 0.3) is 10.1 Å². The zero-order valence-corrected chi connectivity index (χ0v) is 16.0. The Labute approximate surface area is 160 Å². The standard InChI is InChI=1S/C18H20ClN5OS/c1-24-18(22-17(23-24)11-4-6-20-7-5-11)21-16(25)8-12-10-26-15-3-2-13(19)9-14(12)15/h2-3,9-11,20H,4-8H2,1H3,(H,21,22,23,25). The van der Waals surface area contributed by atoms with E-state index in [-0.39, 0.29) is 12.3 Å². The maximum Gasteiger partial charge on any atom is 0.231 e. The predicted octanol–water partition coefficient (Wildman–Crippen LogP) is 3.33. The molecule has 0 saturated carbocycles. The molecule has 0 atom stereocenters. The number of fused-ring (bicyclic) bond motifs is 1. The Morgan fingerprint density at radius 1 is 1.42 bits per heavy atom. The molecular formula is C18H20ClN5OS. The van der Waals surface area contributed by atoms with Gasteiger partial charge in [-0.05, 0) is 60.5 Å². The van der Waals surface area contributed by atoms with Gasteiger partial charge in [-0.2, -0.15) is 10.1 Å². The summed E-state index contributed by atoms with van der Waals surface area (Å²) in [6, 6.07) is 5.76. The van der Waals surface area contributed by atoms with Crippen LogP contribution in [-0.2, 0) is 18.3 Å². The van der Waals surface area contributed by atoms with Crippen molar-refractivity contribution < 1.29 is 4.79 Å². The summed E-state index contributed by atoms with van der Waals surface area (Å²) in [6.07, 6.45) is 2.34. The third-order valence-electron chi connectivity index (χ3n) is 4.70. The highest BCUT2D eigenvalue weighted by atomic mass is 35.5. The molecule has 26 heavy (non-hydrogen) atoms. The second-order valence-corrected chi connectivity index (χ2v) is 7.92. The second kappa shape index (κ2) is 7.34. The number of nitrogens with one attached hydrogen (secondary N) is 2. The molecule has 0 aliphatic carbocycles. The van der Waals surface area contributed by atoms with E-state index in [2.05, 4.69) is 20.7 Å². The summed E-state index contributed by atoms with van der Waals surface area (Å²) in [5.41, 5.74) is 0.978.